The van der Waals surface area contributed by atoms with E-state index in [1.54, 1.807) is 0 Å². The van der Waals surface area contributed by atoms with Gasteiger partial charge in [0.25, 0.3) is 0 Å². The zero-order chi connectivity index (χ0) is 13.9. The van der Waals surface area contributed by atoms with Gasteiger partial charge in [0, 0.05) is 24.5 Å². The highest BCUT2D eigenvalue weighted by molar-refractivity contribution is 5.86. The predicted octanol–water partition coefficient (Wildman–Crippen LogP) is 2.70. The molecule has 0 saturated heterocycles. The Hall–Kier alpha value is -2.32. The van der Waals surface area contributed by atoms with Crippen molar-refractivity contribution in [2.75, 3.05) is 11.9 Å². The van der Waals surface area contributed by atoms with Crippen LogP contribution in [0.5, 0.6) is 0 Å². The summed E-state index contributed by atoms with van der Waals surface area (Å²) in [4.78, 5) is 2.15. The van der Waals surface area contributed by atoms with Crippen molar-refractivity contribution < 1.29 is 5.73 Å². The Kier molecular flexibility index (Phi) is 3.40. The molecule has 1 aromatic carbocycles. The van der Waals surface area contributed by atoms with E-state index in [-0.39, 0.29) is 0 Å². The number of allylic oxidation sites excluding steroid dienone is 7. The van der Waals surface area contributed by atoms with Crippen LogP contribution in [-0.4, -0.2) is 13.1 Å². The number of quaternary nitrogens is 1. The van der Waals surface area contributed by atoms with Crippen LogP contribution < -0.4 is 10.6 Å². The molecular weight excluding hydrogens is 244 g/mol. The van der Waals surface area contributed by atoms with Gasteiger partial charge in [0.15, 0.2) is 0 Å². The molecule has 0 spiro atoms. The molecule has 3 rings (SSSR count). The molecule has 0 fully saturated rings. The quantitative estimate of drug-likeness (QED) is 0.829. The molecule has 1 aromatic rings. The first-order valence-corrected chi connectivity index (χ1v) is 6.86. The second-order valence-corrected chi connectivity index (χ2v) is 5.11. The monoisotopic (exact) mass is 263 g/mol. The fourth-order valence-corrected chi connectivity index (χ4v) is 2.42. The second kappa shape index (κ2) is 5.35. The molecular formula is C18H19N2+. The lowest BCUT2D eigenvalue weighted by molar-refractivity contribution is -0.387. The highest BCUT2D eigenvalue weighted by atomic mass is 15.1. The van der Waals surface area contributed by atoms with Crippen molar-refractivity contribution >= 4 is 11.3 Å². The van der Waals surface area contributed by atoms with Crippen molar-refractivity contribution in [3.05, 3.63) is 84.1 Å². The third kappa shape index (κ3) is 2.51. The summed E-state index contributed by atoms with van der Waals surface area (Å²) < 4.78 is 0. The highest BCUT2D eigenvalue weighted by Crippen LogP contribution is 2.31. The van der Waals surface area contributed by atoms with Crippen LogP contribution in [0.1, 0.15) is 5.56 Å². The third-order valence-corrected chi connectivity index (χ3v) is 3.60. The number of para-hydroxylation sites is 1. The van der Waals surface area contributed by atoms with Crippen LogP contribution in [0.15, 0.2) is 78.6 Å². The van der Waals surface area contributed by atoms with E-state index in [0.717, 1.165) is 0 Å². The minimum absolute atomic E-state index is 0.295. The van der Waals surface area contributed by atoms with E-state index >= 15 is 0 Å². The zero-order valence-electron chi connectivity index (χ0n) is 11.7. The number of hydrogen-bond acceptors (Lipinski definition) is 1. The van der Waals surface area contributed by atoms with Gasteiger partial charge in [-0.05, 0) is 35.4 Å². The molecule has 3 N–H and O–H groups in total. The van der Waals surface area contributed by atoms with Crippen LogP contribution in [0.25, 0.3) is 5.57 Å². The summed E-state index contributed by atoms with van der Waals surface area (Å²) >= 11 is 0. The molecule has 0 saturated carbocycles. The Morgan fingerprint density at radius 3 is 2.60 bits per heavy atom. The van der Waals surface area contributed by atoms with Crippen LogP contribution >= 0.6 is 0 Å². The van der Waals surface area contributed by atoms with Crippen LogP contribution in [0.4, 0.5) is 5.69 Å². The topological polar surface area (TPSA) is 30.9 Å². The molecule has 0 unspecified atom stereocenters. The zero-order valence-corrected chi connectivity index (χ0v) is 11.7. The average molecular weight is 263 g/mol. The molecule has 0 amide bonds. The first-order valence-electron chi connectivity index (χ1n) is 6.86. The van der Waals surface area contributed by atoms with Gasteiger partial charge in [-0.2, -0.15) is 0 Å². The van der Waals surface area contributed by atoms with Gasteiger partial charge in [-0.3, -0.25) is 0 Å². The van der Waals surface area contributed by atoms with Gasteiger partial charge in [-0.15, -0.1) is 0 Å². The van der Waals surface area contributed by atoms with E-state index in [9.17, 15) is 0 Å². The maximum atomic E-state index is 3.99. The van der Waals surface area contributed by atoms with Crippen molar-refractivity contribution in [3.8, 4) is 0 Å². The summed E-state index contributed by atoms with van der Waals surface area (Å²) in [5, 5.41) is 0. The Morgan fingerprint density at radius 1 is 1.05 bits per heavy atom. The van der Waals surface area contributed by atoms with Crippen molar-refractivity contribution in [3.63, 3.8) is 0 Å². The van der Waals surface area contributed by atoms with Gasteiger partial charge < -0.3 is 10.6 Å². The number of anilines is 1. The van der Waals surface area contributed by atoms with Gasteiger partial charge in [0.05, 0.1) is 0 Å². The molecule has 2 heteroatoms. The minimum Gasteiger partial charge on any atom is -0.351 e. The fraction of sp³-hybridized carbons (Fsp3) is 0.111. The summed E-state index contributed by atoms with van der Waals surface area (Å²) in [6.45, 7) is 0. The molecule has 0 aromatic heterocycles. The number of benzene rings is 1. The van der Waals surface area contributed by atoms with Crippen LogP contribution in [-0.2, 0) is 0 Å². The SMILES string of the molecule is CN1C=C/C(=C\C=C2C=CC([NH3+])C=C2)c2ccccc21. The predicted molar refractivity (Wildman–Crippen MR) is 85.0 cm³/mol. The Bertz CT molecular complexity index is 644. The molecule has 100 valence electrons. The fourth-order valence-electron chi connectivity index (χ4n) is 2.42. The van der Waals surface area contributed by atoms with Crippen LogP contribution in [0.3, 0.4) is 0 Å². The number of hydrogen-bond donors (Lipinski definition) is 1. The maximum absolute atomic E-state index is 3.99. The third-order valence-electron chi connectivity index (χ3n) is 3.60. The molecule has 0 radical (unpaired) electrons. The summed E-state index contributed by atoms with van der Waals surface area (Å²) in [5.74, 6) is 0. The van der Waals surface area contributed by atoms with Gasteiger partial charge in [-0.1, -0.05) is 42.5 Å². The minimum atomic E-state index is 0.295. The lowest BCUT2D eigenvalue weighted by Crippen LogP contribution is -2.58. The molecule has 0 atom stereocenters. The molecule has 1 aliphatic carbocycles. The smallest absolute Gasteiger partial charge is 0.122 e. The average Bonchev–Trinajstić information content (AvgIpc) is 2.49. The van der Waals surface area contributed by atoms with Crippen molar-refractivity contribution in [2.45, 2.75) is 6.04 Å². The van der Waals surface area contributed by atoms with E-state index < -0.39 is 0 Å². The standard InChI is InChI=1S/C18H18N2/c1-20-13-12-15(17-4-2-3-5-18(17)20)9-6-14-7-10-16(19)11-8-14/h2-13,16H,19H2,1H3/p+1/b14-6?,15-9+. The summed E-state index contributed by atoms with van der Waals surface area (Å²) in [6, 6.07) is 8.77. The molecule has 2 nitrogen and oxygen atoms in total. The summed E-state index contributed by atoms with van der Waals surface area (Å²) in [6.07, 6.45) is 17.1. The summed E-state index contributed by atoms with van der Waals surface area (Å²) in [7, 11) is 2.07. The van der Waals surface area contributed by atoms with E-state index in [4.69, 9.17) is 0 Å². The van der Waals surface area contributed by atoms with Crippen molar-refractivity contribution in [2.24, 2.45) is 0 Å². The van der Waals surface area contributed by atoms with Crippen molar-refractivity contribution in [1.82, 2.24) is 0 Å². The van der Waals surface area contributed by atoms with E-state index in [0.29, 0.717) is 6.04 Å². The summed E-state index contributed by atoms with van der Waals surface area (Å²) in [5.41, 5.74) is 8.95. The molecule has 2 aliphatic rings. The van der Waals surface area contributed by atoms with E-state index in [1.165, 1.54) is 22.4 Å². The normalized spacial score (nSPS) is 22.3. The number of fused-ring (bicyclic) bond motifs is 1. The molecule has 20 heavy (non-hydrogen) atoms. The van der Waals surface area contributed by atoms with Gasteiger partial charge in [0.1, 0.15) is 6.04 Å². The second-order valence-electron chi connectivity index (χ2n) is 5.11. The lowest BCUT2D eigenvalue weighted by Gasteiger charge is -2.23. The first-order chi connectivity index (χ1) is 9.74. The molecule has 0 bridgehead atoms. The number of nitrogens with zero attached hydrogens (tertiary/aromatic N) is 1. The largest absolute Gasteiger partial charge is 0.351 e. The van der Waals surface area contributed by atoms with E-state index in [1.807, 2.05) is 0 Å². The molecule has 1 aliphatic heterocycles. The van der Waals surface area contributed by atoms with Crippen LogP contribution in [0, 0.1) is 0 Å². The highest BCUT2D eigenvalue weighted by Gasteiger charge is 2.11. The van der Waals surface area contributed by atoms with E-state index in [2.05, 4.69) is 90.7 Å². The van der Waals surface area contributed by atoms with Crippen LogP contribution in [0.2, 0.25) is 0 Å². The van der Waals surface area contributed by atoms with Crippen molar-refractivity contribution in [1.29, 1.82) is 0 Å². The Labute approximate surface area is 119 Å². The van der Waals surface area contributed by atoms with Gasteiger partial charge >= 0.3 is 0 Å². The molecule has 1 heterocycles. The van der Waals surface area contributed by atoms with Gasteiger partial charge in [0.2, 0.25) is 0 Å². The number of rotatable bonds is 1. The maximum Gasteiger partial charge on any atom is 0.122 e. The first kappa shape index (κ1) is 12.7. The Balaban J connectivity index is 1.93. The van der Waals surface area contributed by atoms with Gasteiger partial charge in [-0.25, -0.2) is 0 Å². The Morgan fingerprint density at radius 2 is 1.80 bits per heavy atom. The lowest BCUT2D eigenvalue weighted by atomic mass is 9.99.